The van der Waals surface area contributed by atoms with Gasteiger partial charge in [-0.05, 0) is 83.3 Å². The molecule has 70 heavy (non-hydrogen) atoms. The van der Waals surface area contributed by atoms with Crippen LogP contribution < -0.4 is 43.0 Å². The second-order valence-electron chi connectivity index (χ2n) is 16.5. The van der Waals surface area contributed by atoms with Gasteiger partial charge >= 0.3 is 11.9 Å². The fraction of sp³-hybridized carbons (Fsp3) is 0.296. The molecule has 6 aromatic carbocycles. The standard InChI is InChI=1S/C54H62N8O8/c55-53(56)59-31-11-23-43(51(65)69-35-37-15-3-1-4-16-37)61-47(63)25-13-33-67-45-29-27-39-19-7-9-21-41(39)49(45)50-42-22-10-8-20-40(42)28-30-46(50)68-34-14-26-48(64)62-44(24-12-32-60-54(57)58)52(66)70-36-38-17-5-2-6-18-38/h1-10,15-22,27-30,43-44H,11-14,23-26,31-36H2,(H,61,63)(H,62,64)(H4,55,56,59)(H4,57,58,60)/t43-,44-/m1/s1. The molecule has 6 aromatic rings. The number of carbonyl (C=O) groups is 4. The molecule has 6 rings (SSSR count). The Hall–Kier alpha value is -8.14. The first kappa shape index (κ1) is 51.3. The van der Waals surface area contributed by atoms with Gasteiger partial charge in [0.05, 0.1) is 13.2 Å². The molecule has 0 aliphatic heterocycles. The number of nitrogens with zero attached hydrogens (tertiary/aromatic N) is 2. The first-order valence-electron chi connectivity index (χ1n) is 23.5. The molecule has 366 valence electrons. The highest BCUT2D eigenvalue weighted by atomic mass is 16.5. The van der Waals surface area contributed by atoms with Crippen LogP contribution in [0.2, 0.25) is 0 Å². The first-order chi connectivity index (χ1) is 34.0. The van der Waals surface area contributed by atoms with E-state index in [9.17, 15) is 19.2 Å². The summed E-state index contributed by atoms with van der Waals surface area (Å²) in [5, 5.41) is 9.52. The lowest BCUT2D eigenvalue weighted by molar-refractivity contribution is -0.149. The molecule has 10 N–H and O–H groups in total. The molecule has 0 spiro atoms. The van der Waals surface area contributed by atoms with Crippen molar-refractivity contribution in [2.75, 3.05) is 26.3 Å². The van der Waals surface area contributed by atoms with Crippen molar-refractivity contribution >= 4 is 57.2 Å². The minimum Gasteiger partial charge on any atom is -0.493 e. The van der Waals surface area contributed by atoms with Crippen molar-refractivity contribution in [2.24, 2.45) is 32.9 Å². The number of hydrogen-bond acceptors (Lipinski definition) is 10. The van der Waals surface area contributed by atoms with E-state index in [4.69, 9.17) is 41.9 Å². The Morgan fingerprint density at radius 2 is 0.857 bits per heavy atom. The molecule has 0 aromatic heterocycles. The summed E-state index contributed by atoms with van der Waals surface area (Å²) in [7, 11) is 0. The van der Waals surface area contributed by atoms with Crippen LogP contribution in [0.25, 0.3) is 32.7 Å². The van der Waals surface area contributed by atoms with Gasteiger partial charge in [-0.3, -0.25) is 19.6 Å². The van der Waals surface area contributed by atoms with Crippen LogP contribution in [0.15, 0.2) is 143 Å². The Morgan fingerprint density at radius 3 is 1.26 bits per heavy atom. The summed E-state index contributed by atoms with van der Waals surface area (Å²) in [5.41, 5.74) is 25.2. The molecular weight excluding hydrogens is 889 g/mol. The number of nitrogens with one attached hydrogen (secondary N) is 2. The van der Waals surface area contributed by atoms with E-state index in [2.05, 4.69) is 20.6 Å². The fourth-order valence-electron chi connectivity index (χ4n) is 7.79. The fourth-order valence-corrected chi connectivity index (χ4v) is 7.79. The van der Waals surface area contributed by atoms with Gasteiger partial charge in [-0.1, -0.05) is 121 Å². The van der Waals surface area contributed by atoms with Crippen LogP contribution in [0.1, 0.15) is 62.5 Å². The van der Waals surface area contributed by atoms with Crippen LogP contribution in [0.3, 0.4) is 0 Å². The number of carbonyl (C=O) groups excluding carboxylic acids is 4. The molecule has 2 amide bonds. The molecule has 16 nitrogen and oxygen atoms in total. The first-order valence-corrected chi connectivity index (χ1v) is 23.5. The molecule has 0 radical (unpaired) electrons. The Labute approximate surface area is 407 Å². The monoisotopic (exact) mass is 950 g/mol. The third-order valence-electron chi connectivity index (χ3n) is 11.2. The molecule has 2 atom stereocenters. The van der Waals surface area contributed by atoms with Crippen LogP contribution in [0.5, 0.6) is 11.5 Å². The Kier molecular flexibility index (Phi) is 19.8. The number of aliphatic imine (C=N–C) groups is 2. The van der Waals surface area contributed by atoms with Gasteiger partial charge < -0.3 is 52.5 Å². The zero-order valence-electron chi connectivity index (χ0n) is 39.2. The summed E-state index contributed by atoms with van der Waals surface area (Å²) in [6.07, 6.45) is 2.33. The number of fused-ring (bicyclic) bond motifs is 2. The number of benzene rings is 6. The van der Waals surface area contributed by atoms with Crippen LogP contribution >= 0.6 is 0 Å². The maximum Gasteiger partial charge on any atom is 0.328 e. The van der Waals surface area contributed by atoms with Crippen LogP contribution in [0, 0.1) is 0 Å². The van der Waals surface area contributed by atoms with E-state index in [0.717, 1.165) is 43.8 Å². The molecule has 16 heteroatoms. The van der Waals surface area contributed by atoms with Crippen LogP contribution in [-0.4, -0.2) is 74.1 Å². The number of ether oxygens (including phenoxy) is 4. The van der Waals surface area contributed by atoms with E-state index in [0.29, 0.717) is 50.3 Å². The second-order valence-corrected chi connectivity index (χ2v) is 16.5. The van der Waals surface area contributed by atoms with Gasteiger partial charge in [-0.25, -0.2) is 9.59 Å². The highest BCUT2D eigenvalue weighted by Gasteiger charge is 2.25. The van der Waals surface area contributed by atoms with Crippen molar-refractivity contribution in [1.29, 1.82) is 0 Å². The summed E-state index contributed by atoms with van der Waals surface area (Å²) in [5.74, 6) is -0.677. The van der Waals surface area contributed by atoms with Gasteiger partial charge in [-0.15, -0.1) is 0 Å². The van der Waals surface area contributed by atoms with Crippen molar-refractivity contribution in [2.45, 2.75) is 76.7 Å². The third kappa shape index (κ3) is 16.0. The lowest BCUT2D eigenvalue weighted by atomic mass is 9.92. The van der Waals surface area contributed by atoms with E-state index in [1.807, 2.05) is 133 Å². The van der Waals surface area contributed by atoms with E-state index in [1.54, 1.807) is 0 Å². The molecule has 0 aliphatic rings. The van der Waals surface area contributed by atoms with Gasteiger partial charge in [0, 0.05) is 37.1 Å². The summed E-state index contributed by atoms with van der Waals surface area (Å²) >= 11 is 0. The van der Waals surface area contributed by atoms with Gasteiger partial charge in [-0.2, -0.15) is 0 Å². The molecule has 0 heterocycles. The Balaban J connectivity index is 1.12. The Morgan fingerprint density at radius 1 is 0.471 bits per heavy atom. The quantitative estimate of drug-likeness (QED) is 0.0139. The Bertz CT molecular complexity index is 2540. The largest absolute Gasteiger partial charge is 0.493 e. The number of hydrogen-bond donors (Lipinski definition) is 6. The summed E-state index contributed by atoms with van der Waals surface area (Å²) in [4.78, 5) is 61.0. The van der Waals surface area contributed by atoms with Crippen molar-refractivity contribution in [1.82, 2.24) is 10.6 Å². The zero-order chi connectivity index (χ0) is 49.5. The normalized spacial score (nSPS) is 11.7. The number of amides is 2. The van der Waals surface area contributed by atoms with Crippen LogP contribution in [0.4, 0.5) is 0 Å². The molecule has 0 unspecified atom stereocenters. The van der Waals surface area contributed by atoms with Gasteiger partial charge in [0.2, 0.25) is 11.8 Å². The molecule has 0 bridgehead atoms. The van der Waals surface area contributed by atoms with Crippen molar-refractivity contribution < 1.29 is 38.1 Å². The highest BCUT2D eigenvalue weighted by Crippen LogP contribution is 2.45. The van der Waals surface area contributed by atoms with E-state index in [1.165, 1.54) is 0 Å². The number of rotatable bonds is 27. The minimum absolute atomic E-state index is 0.0520. The maximum atomic E-state index is 13.3. The number of nitrogens with two attached hydrogens (primary N) is 4. The smallest absolute Gasteiger partial charge is 0.328 e. The summed E-state index contributed by atoms with van der Waals surface area (Å²) in [6, 6.07) is 40.6. The SMILES string of the molecule is NC(N)=NCCC[C@@H](NC(=O)CCCOc1ccc2ccccc2c1-c1c(OCCCC(=O)N[C@H](CCCN=C(N)N)C(=O)OCc2ccccc2)ccc2ccccc12)C(=O)OCc1ccccc1. The van der Waals surface area contributed by atoms with E-state index in [-0.39, 0.29) is 75.8 Å². The lowest BCUT2D eigenvalue weighted by Crippen LogP contribution is -2.42. The number of esters is 2. The van der Waals surface area contributed by atoms with Crippen molar-refractivity contribution in [3.8, 4) is 22.6 Å². The topological polar surface area (TPSA) is 258 Å². The lowest BCUT2D eigenvalue weighted by Gasteiger charge is -2.20. The second kappa shape index (κ2) is 27.0. The van der Waals surface area contributed by atoms with E-state index < -0.39 is 24.0 Å². The van der Waals surface area contributed by atoms with Gasteiger partial charge in [0.1, 0.15) is 36.8 Å². The highest BCUT2D eigenvalue weighted by molar-refractivity contribution is 6.09. The predicted octanol–water partition coefficient (Wildman–Crippen LogP) is 6.54. The third-order valence-corrected chi connectivity index (χ3v) is 11.2. The average Bonchev–Trinajstić information content (AvgIpc) is 3.37. The van der Waals surface area contributed by atoms with Crippen molar-refractivity contribution in [3.63, 3.8) is 0 Å². The van der Waals surface area contributed by atoms with Crippen molar-refractivity contribution in [3.05, 3.63) is 145 Å². The average molecular weight is 951 g/mol. The predicted molar refractivity (Wildman–Crippen MR) is 273 cm³/mol. The molecule has 0 aliphatic carbocycles. The van der Waals surface area contributed by atoms with E-state index >= 15 is 0 Å². The molecule has 0 fully saturated rings. The molecule has 0 saturated carbocycles. The zero-order valence-corrected chi connectivity index (χ0v) is 39.2. The molecular formula is C54H62N8O8. The summed E-state index contributed by atoms with van der Waals surface area (Å²) in [6.45, 7) is 1.12. The molecule has 0 saturated heterocycles. The van der Waals surface area contributed by atoms with Gasteiger partial charge in [0.15, 0.2) is 11.9 Å². The number of guanidine groups is 2. The minimum atomic E-state index is -0.892. The summed E-state index contributed by atoms with van der Waals surface area (Å²) < 4.78 is 24.2. The maximum absolute atomic E-state index is 13.3. The van der Waals surface area contributed by atoms with Crippen LogP contribution in [-0.2, 0) is 41.9 Å². The van der Waals surface area contributed by atoms with Gasteiger partial charge in [0.25, 0.3) is 0 Å².